The van der Waals surface area contributed by atoms with Gasteiger partial charge in [0.15, 0.2) is 0 Å². The number of benzene rings is 1. The van der Waals surface area contributed by atoms with Gasteiger partial charge in [0.25, 0.3) is 9.24 Å². The van der Waals surface area contributed by atoms with Gasteiger partial charge in [-0.05, 0) is 12.0 Å². The number of nitrogens with one attached hydrogen (secondary N) is 1. The first-order valence-electron chi connectivity index (χ1n) is 3.81. The van der Waals surface area contributed by atoms with E-state index in [-0.39, 0.29) is 0 Å². The number of halogens is 1. The molecule has 0 fully saturated rings. The third-order valence-electron chi connectivity index (χ3n) is 1.53. The van der Waals surface area contributed by atoms with Gasteiger partial charge in [-0.2, -0.15) is 8.42 Å². The fourth-order valence-electron chi connectivity index (χ4n) is 0.962. The molecule has 0 unspecified atom stereocenters. The third kappa shape index (κ3) is 4.87. The highest BCUT2D eigenvalue weighted by Gasteiger charge is 2.01. The Morgan fingerprint density at radius 3 is 2.38 bits per heavy atom. The second-order valence-corrected chi connectivity index (χ2v) is 4.95. The average molecular weight is 220 g/mol. The van der Waals surface area contributed by atoms with E-state index in [4.69, 9.17) is 10.7 Å². The minimum Gasteiger partial charge on any atom is -0.202 e. The molecule has 0 aliphatic rings. The molecular weight excluding hydrogens is 210 g/mol. The maximum absolute atomic E-state index is 10.5. The molecule has 0 aliphatic heterocycles. The summed E-state index contributed by atoms with van der Waals surface area (Å²) in [5.74, 6) is 0. The molecule has 0 heterocycles. The van der Waals surface area contributed by atoms with Crippen LogP contribution in [0.4, 0.5) is 0 Å². The summed E-state index contributed by atoms with van der Waals surface area (Å²) in [7, 11) is 1.39. The van der Waals surface area contributed by atoms with E-state index in [2.05, 4.69) is 4.72 Å². The second-order valence-electron chi connectivity index (χ2n) is 2.57. The highest BCUT2D eigenvalue weighted by atomic mass is 35.7. The van der Waals surface area contributed by atoms with Crippen LogP contribution in [-0.2, 0) is 15.7 Å². The normalized spacial score (nSPS) is 11.5. The number of hydrogen-bond donors (Lipinski definition) is 1. The average Bonchev–Trinajstić information content (AvgIpc) is 2.04. The van der Waals surface area contributed by atoms with E-state index in [0.29, 0.717) is 13.0 Å². The van der Waals surface area contributed by atoms with Crippen molar-refractivity contribution < 1.29 is 8.42 Å². The van der Waals surface area contributed by atoms with Crippen molar-refractivity contribution in [2.75, 3.05) is 6.54 Å². The minimum atomic E-state index is -3.57. The van der Waals surface area contributed by atoms with Crippen molar-refractivity contribution in [2.45, 2.75) is 6.42 Å². The van der Waals surface area contributed by atoms with Crippen LogP contribution in [0.15, 0.2) is 30.3 Å². The van der Waals surface area contributed by atoms with E-state index < -0.39 is 9.24 Å². The Labute approximate surface area is 82.3 Å². The molecule has 1 N–H and O–H groups in total. The summed E-state index contributed by atoms with van der Waals surface area (Å²) in [6.07, 6.45) is 0.646. The molecule has 0 bridgehead atoms. The van der Waals surface area contributed by atoms with Crippen LogP contribution < -0.4 is 4.72 Å². The van der Waals surface area contributed by atoms with Gasteiger partial charge in [0.2, 0.25) is 0 Å². The van der Waals surface area contributed by atoms with Crippen LogP contribution in [0.1, 0.15) is 5.56 Å². The van der Waals surface area contributed by atoms with Crippen LogP contribution in [0.3, 0.4) is 0 Å². The fourth-order valence-corrected chi connectivity index (χ4v) is 1.54. The van der Waals surface area contributed by atoms with Crippen molar-refractivity contribution in [3.05, 3.63) is 35.9 Å². The topological polar surface area (TPSA) is 46.2 Å². The SMILES string of the molecule is O=S(=O)(Cl)NCCc1ccccc1. The van der Waals surface area contributed by atoms with Crippen molar-refractivity contribution in [3.63, 3.8) is 0 Å². The zero-order valence-corrected chi connectivity index (χ0v) is 8.48. The molecule has 1 rings (SSSR count). The number of rotatable bonds is 4. The summed E-state index contributed by atoms with van der Waals surface area (Å²) in [6.45, 7) is 0.329. The second kappa shape index (κ2) is 4.60. The van der Waals surface area contributed by atoms with Crippen LogP contribution in [0.2, 0.25) is 0 Å². The van der Waals surface area contributed by atoms with Gasteiger partial charge >= 0.3 is 0 Å². The summed E-state index contributed by atoms with van der Waals surface area (Å²) < 4.78 is 23.2. The Morgan fingerprint density at radius 1 is 1.23 bits per heavy atom. The standard InChI is InChI=1S/C8H10ClNO2S/c9-13(11,12)10-7-6-8-4-2-1-3-5-8/h1-5,10H,6-7H2. The van der Waals surface area contributed by atoms with Crippen LogP contribution in [0.25, 0.3) is 0 Å². The summed E-state index contributed by atoms with van der Waals surface area (Å²) >= 11 is 0. The van der Waals surface area contributed by atoms with Crippen molar-refractivity contribution in [1.82, 2.24) is 4.72 Å². The molecule has 0 saturated carbocycles. The van der Waals surface area contributed by atoms with E-state index >= 15 is 0 Å². The predicted octanol–water partition coefficient (Wildman–Crippen LogP) is 1.30. The lowest BCUT2D eigenvalue weighted by Crippen LogP contribution is -2.20. The predicted molar refractivity (Wildman–Crippen MR) is 52.9 cm³/mol. The Balaban J connectivity index is 2.37. The van der Waals surface area contributed by atoms with Gasteiger partial charge in [-0.3, -0.25) is 0 Å². The third-order valence-corrected chi connectivity index (χ3v) is 2.41. The molecule has 0 aliphatic carbocycles. The highest BCUT2D eigenvalue weighted by Crippen LogP contribution is 1.99. The summed E-state index contributed by atoms with van der Waals surface area (Å²) in [4.78, 5) is 0. The molecule has 0 radical (unpaired) electrons. The van der Waals surface area contributed by atoms with Gasteiger partial charge in [0, 0.05) is 17.2 Å². The quantitative estimate of drug-likeness (QED) is 0.776. The molecule has 0 amide bonds. The molecule has 0 aromatic heterocycles. The molecule has 72 valence electrons. The van der Waals surface area contributed by atoms with Gasteiger partial charge < -0.3 is 0 Å². The van der Waals surface area contributed by atoms with Gasteiger partial charge in [-0.25, -0.2) is 4.72 Å². The van der Waals surface area contributed by atoms with Crippen LogP contribution in [0.5, 0.6) is 0 Å². The Bertz CT molecular complexity index is 350. The summed E-state index contributed by atoms with van der Waals surface area (Å²) in [5.41, 5.74) is 1.08. The van der Waals surface area contributed by atoms with E-state index in [1.807, 2.05) is 30.3 Å². The molecule has 13 heavy (non-hydrogen) atoms. The molecule has 1 aromatic carbocycles. The first-order chi connectivity index (χ1) is 6.08. The molecule has 5 heteroatoms. The lowest BCUT2D eigenvalue weighted by Gasteiger charge is -2.00. The maximum atomic E-state index is 10.5. The monoisotopic (exact) mass is 219 g/mol. The highest BCUT2D eigenvalue weighted by molar-refractivity contribution is 8.12. The largest absolute Gasteiger partial charge is 0.297 e. The van der Waals surface area contributed by atoms with Crippen LogP contribution in [-0.4, -0.2) is 15.0 Å². The number of hydrogen-bond acceptors (Lipinski definition) is 2. The minimum absolute atomic E-state index is 0.329. The molecule has 0 atom stereocenters. The Morgan fingerprint density at radius 2 is 1.85 bits per heavy atom. The molecule has 0 spiro atoms. The van der Waals surface area contributed by atoms with Gasteiger partial charge in [-0.15, -0.1) is 0 Å². The Kier molecular flexibility index (Phi) is 3.71. The van der Waals surface area contributed by atoms with Gasteiger partial charge in [0.05, 0.1) is 0 Å². The van der Waals surface area contributed by atoms with Crippen LogP contribution in [0, 0.1) is 0 Å². The lowest BCUT2D eigenvalue weighted by atomic mass is 10.2. The van der Waals surface area contributed by atoms with E-state index in [0.717, 1.165) is 5.56 Å². The van der Waals surface area contributed by atoms with Gasteiger partial charge in [-0.1, -0.05) is 30.3 Å². The zero-order chi connectivity index (χ0) is 9.73. The first-order valence-corrected chi connectivity index (χ1v) is 6.12. The van der Waals surface area contributed by atoms with Crippen molar-refractivity contribution >= 4 is 19.9 Å². The van der Waals surface area contributed by atoms with E-state index in [9.17, 15) is 8.42 Å². The van der Waals surface area contributed by atoms with E-state index in [1.165, 1.54) is 0 Å². The smallest absolute Gasteiger partial charge is 0.202 e. The van der Waals surface area contributed by atoms with Crippen molar-refractivity contribution in [1.29, 1.82) is 0 Å². The summed E-state index contributed by atoms with van der Waals surface area (Å²) in [6, 6.07) is 9.59. The molecule has 3 nitrogen and oxygen atoms in total. The molecule has 1 aromatic rings. The summed E-state index contributed by atoms with van der Waals surface area (Å²) in [5, 5.41) is 0. The fraction of sp³-hybridized carbons (Fsp3) is 0.250. The van der Waals surface area contributed by atoms with Gasteiger partial charge in [0.1, 0.15) is 0 Å². The van der Waals surface area contributed by atoms with Crippen LogP contribution >= 0.6 is 10.7 Å². The first kappa shape index (κ1) is 10.5. The lowest BCUT2D eigenvalue weighted by molar-refractivity contribution is 0.596. The van der Waals surface area contributed by atoms with Crippen molar-refractivity contribution in [3.8, 4) is 0 Å². The van der Waals surface area contributed by atoms with E-state index in [1.54, 1.807) is 0 Å². The molecular formula is C8H10ClNO2S. The Hall–Kier alpha value is -0.580. The maximum Gasteiger partial charge on any atom is 0.297 e. The van der Waals surface area contributed by atoms with Crippen molar-refractivity contribution in [2.24, 2.45) is 0 Å². The molecule has 0 saturated heterocycles. The zero-order valence-electron chi connectivity index (χ0n) is 6.90.